The molecule has 0 saturated heterocycles. The third kappa shape index (κ3) is 2.81. The van der Waals surface area contributed by atoms with Crippen molar-refractivity contribution in [2.24, 2.45) is 0 Å². The van der Waals surface area contributed by atoms with Gasteiger partial charge >= 0.3 is 0 Å². The van der Waals surface area contributed by atoms with Gasteiger partial charge < -0.3 is 9.73 Å². The Hall–Kier alpha value is -2.56. The largest absolute Gasteiger partial charge is 0.451 e. The minimum absolute atomic E-state index is 0.288. The average Bonchev–Trinajstić information content (AvgIpc) is 3.05. The van der Waals surface area contributed by atoms with Crippen LogP contribution >= 0.6 is 0 Å². The molecule has 0 unspecified atom stereocenters. The van der Waals surface area contributed by atoms with Crippen molar-refractivity contribution in [2.45, 2.75) is 26.7 Å². The smallest absolute Gasteiger partial charge is 0.292 e. The first-order valence-electron chi connectivity index (χ1n) is 7.01. The van der Waals surface area contributed by atoms with Crippen LogP contribution in [-0.4, -0.2) is 16.1 Å². The van der Waals surface area contributed by atoms with Crippen molar-refractivity contribution in [3.63, 3.8) is 0 Å². The third-order valence-electron chi connectivity index (χ3n) is 3.29. The van der Waals surface area contributed by atoms with Crippen LogP contribution in [0, 0.1) is 6.92 Å². The zero-order valence-corrected chi connectivity index (χ0v) is 12.1. The molecule has 0 saturated carbocycles. The summed E-state index contributed by atoms with van der Waals surface area (Å²) in [5.74, 6) is 0.508. The van der Waals surface area contributed by atoms with Gasteiger partial charge in [0.25, 0.3) is 5.91 Å². The van der Waals surface area contributed by atoms with E-state index in [1.807, 2.05) is 31.2 Å². The molecule has 2 aromatic heterocycles. The van der Waals surface area contributed by atoms with Crippen molar-refractivity contribution in [3.8, 4) is 0 Å². The Balaban J connectivity index is 1.79. The number of rotatable bonds is 4. The lowest BCUT2D eigenvalue weighted by atomic mass is 10.2. The van der Waals surface area contributed by atoms with Gasteiger partial charge in [-0.05, 0) is 31.5 Å². The van der Waals surface area contributed by atoms with Gasteiger partial charge in [-0.2, -0.15) is 5.10 Å². The van der Waals surface area contributed by atoms with Crippen molar-refractivity contribution in [1.82, 2.24) is 10.2 Å². The van der Waals surface area contributed by atoms with E-state index in [4.69, 9.17) is 4.42 Å². The van der Waals surface area contributed by atoms with E-state index in [1.165, 1.54) is 0 Å². The van der Waals surface area contributed by atoms with Crippen molar-refractivity contribution in [2.75, 3.05) is 5.32 Å². The first-order valence-corrected chi connectivity index (χ1v) is 7.01. The van der Waals surface area contributed by atoms with Crippen LogP contribution in [-0.2, 0) is 6.42 Å². The Morgan fingerprint density at radius 2 is 2.19 bits per heavy atom. The Kier molecular flexibility index (Phi) is 3.48. The SMILES string of the molecule is CCCc1cc(NC(=O)c2cc3cc(C)ccc3o2)n[nH]1. The number of carbonyl (C=O) groups is 1. The number of furan rings is 1. The second kappa shape index (κ2) is 5.44. The maximum absolute atomic E-state index is 12.2. The molecule has 5 heteroatoms. The standard InChI is InChI=1S/C16H17N3O2/c1-3-4-12-9-15(19-18-12)17-16(20)14-8-11-7-10(2)5-6-13(11)21-14/h5-9H,3-4H2,1-2H3,(H2,17,18,19,20). The van der Waals surface area contributed by atoms with Gasteiger partial charge in [-0.15, -0.1) is 0 Å². The van der Waals surface area contributed by atoms with Crippen molar-refractivity contribution in [1.29, 1.82) is 0 Å². The van der Waals surface area contributed by atoms with Crippen LogP contribution in [0.25, 0.3) is 11.0 Å². The number of hydrogen-bond acceptors (Lipinski definition) is 3. The number of nitrogens with zero attached hydrogens (tertiary/aromatic N) is 1. The molecule has 2 N–H and O–H groups in total. The van der Waals surface area contributed by atoms with E-state index in [-0.39, 0.29) is 11.7 Å². The summed E-state index contributed by atoms with van der Waals surface area (Å²) in [5, 5.41) is 10.6. The molecule has 0 fully saturated rings. The molecule has 1 amide bonds. The lowest BCUT2D eigenvalue weighted by Gasteiger charge is -1.96. The number of fused-ring (bicyclic) bond motifs is 1. The van der Waals surface area contributed by atoms with E-state index in [9.17, 15) is 4.79 Å². The summed E-state index contributed by atoms with van der Waals surface area (Å²) in [6.45, 7) is 4.10. The van der Waals surface area contributed by atoms with Crippen LogP contribution in [0.15, 0.2) is 34.7 Å². The Morgan fingerprint density at radius 1 is 1.33 bits per heavy atom. The molecule has 2 heterocycles. The average molecular weight is 283 g/mol. The number of benzene rings is 1. The highest BCUT2D eigenvalue weighted by Gasteiger charge is 2.14. The second-order valence-corrected chi connectivity index (χ2v) is 5.13. The van der Waals surface area contributed by atoms with Gasteiger partial charge in [0.15, 0.2) is 11.6 Å². The minimum atomic E-state index is -0.293. The molecule has 0 bridgehead atoms. The van der Waals surface area contributed by atoms with Crippen molar-refractivity contribution < 1.29 is 9.21 Å². The molecule has 0 aliphatic carbocycles. The zero-order chi connectivity index (χ0) is 14.8. The van der Waals surface area contributed by atoms with E-state index < -0.39 is 0 Å². The molecule has 1 aromatic carbocycles. The van der Waals surface area contributed by atoms with Crippen LogP contribution in [0.2, 0.25) is 0 Å². The first kappa shape index (κ1) is 13.4. The Bertz CT molecular complexity index is 786. The van der Waals surface area contributed by atoms with E-state index >= 15 is 0 Å². The molecule has 0 atom stereocenters. The van der Waals surface area contributed by atoms with E-state index in [1.54, 1.807) is 6.07 Å². The fourth-order valence-corrected chi connectivity index (χ4v) is 2.28. The maximum atomic E-state index is 12.2. The molecular weight excluding hydrogens is 266 g/mol. The number of nitrogens with one attached hydrogen (secondary N) is 2. The van der Waals surface area contributed by atoms with Gasteiger partial charge in [-0.1, -0.05) is 25.0 Å². The summed E-state index contributed by atoms with van der Waals surface area (Å²) in [4.78, 5) is 12.2. The van der Waals surface area contributed by atoms with Crippen LogP contribution in [0.1, 0.15) is 35.2 Å². The van der Waals surface area contributed by atoms with Gasteiger partial charge in [0, 0.05) is 17.1 Å². The number of anilines is 1. The number of aromatic amines is 1. The van der Waals surface area contributed by atoms with Crippen LogP contribution < -0.4 is 5.32 Å². The summed E-state index contributed by atoms with van der Waals surface area (Å²) in [5.41, 5.74) is 2.85. The minimum Gasteiger partial charge on any atom is -0.451 e. The predicted molar refractivity (Wildman–Crippen MR) is 81.5 cm³/mol. The lowest BCUT2D eigenvalue weighted by molar-refractivity contribution is 0.0998. The number of H-pyrrole nitrogens is 1. The van der Waals surface area contributed by atoms with Gasteiger partial charge in [0.05, 0.1) is 0 Å². The summed E-state index contributed by atoms with van der Waals surface area (Å²) in [6, 6.07) is 9.41. The Labute approximate surface area is 122 Å². The van der Waals surface area contributed by atoms with E-state index in [2.05, 4.69) is 22.4 Å². The number of carbonyl (C=O) groups excluding carboxylic acids is 1. The summed E-state index contributed by atoms with van der Waals surface area (Å²) in [6.07, 6.45) is 1.94. The molecule has 0 radical (unpaired) electrons. The van der Waals surface area contributed by atoms with Crippen LogP contribution in [0.5, 0.6) is 0 Å². The van der Waals surface area contributed by atoms with Gasteiger partial charge in [0.2, 0.25) is 0 Å². The third-order valence-corrected chi connectivity index (χ3v) is 3.29. The van der Waals surface area contributed by atoms with Gasteiger partial charge in [0.1, 0.15) is 5.58 Å². The van der Waals surface area contributed by atoms with Crippen LogP contribution in [0.4, 0.5) is 5.82 Å². The second-order valence-electron chi connectivity index (χ2n) is 5.13. The van der Waals surface area contributed by atoms with E-state index in [0.29, 0.717) is 11.4 Å². The Morgan fingerprint density at radius 3 is 3.00 bits per heavy atom. The quantitative estimate of drug-likeness (QED) is 0.767. The number of amides is 1. The van der Waals surface area contributed by atoms with Gasteiger partial charge in [-0.3, -0.25) is 9.89 Å². The zero-order valence-electron chi connectivity index (χ0n) is 12.1. The maximum Gasteiger partial charge on any atom is 0.292 e. The lowest BCUT2D eigenvalue weighted by Crippen LogP contribution is -2.10. The van der Waals surface area contributed by atoms with Crippen molar-refractivity contribution in [3.05, 3.63) is 47.3 Å². The summed E-state index contributed by atoms with van der Waals surface area (Å²) in [7, 11) is 0. The van der Waals surface area contributed by atoms with E-state index in [0.717, 1.165) is 29.5 Å². The van der Waals surface area contributed by atoms with Gasteiger partial charge in [-0.25, -0.2) is 0 Å². The normalized spacial score (nSPS) is 11.0. The fourth-order valence-electron chi connectivity index (χ4n) is 2.28. The number of hydrogen-bond donors (Lipinski definition) is 2. The summed E-state index contributed by atoms with van der Waals surface area (Å²) < 4.78 is 5.56. The molecule has 0 spiro atoms. The molecule has 0 aliphatic rings. The highest BCUT2D eigenvalue weighted by atomic mass is 16.3. The highest BCUT2D eigenvalue weighted by molar-refractivity contribution is 6.04. The molecule has 21 heavy (non-hydrogen) atoms. The highest BCUT2D eigenvalue weighted by Crippen LogP contribution is 2.21. The molecule has 3 rings (SSSR count). The summed E-state index contributed by atoms with van der Waals surface area (Å²) >= 11 is 0. The molecule has 3 aromatic rings. The van der Waals surface area contributed by atoms with Crippen molar-refractivity contribution >= 4 is 22.7 Å². The monoisotopic (exact) mass is 283 g/mol. The molecular formula is C16H17N3O2. The number of aryl methyl sites for hydroxylation is 2. The molecule has 108 valence electrons. The molecule has 0 aliphatic heterocycles. The first-order chi connectivity index (χ1) is 10.2. The van der Waals surface area contributed by atoms with Crippen LogP contribution in [0.3, 0.4) is 0 Å². The predicted octanol–water partition coefficient (Wildman–Crippen LogP) is 3.67. The fraction of sp³-hybridized carbons (Fsp3) is 0.250. The molecule has 5 nitrogen and oxygen atoms in total. The number of aromatic nitrogens is 2. The topological polar surface area (TPSA) is 70.9 Å².